The SMILES string of the molecule is CCc1nc(CCNC(=NC)NCc2c(CC)noc2CC)cs1. The van der Waals surface area contributed by atoms with Gasteiger partial charge in [0.15, 0.2) is 5.96 Å². The molecule has 2 heterocycles. The number of aliphatic imine (C=N–C) groups is 1. The van der Waals surface area contributed by atoms with Crippen molar-refractivity contribution in [2.75, 3.05) is 13.6 Å². The number of guanidine groups is 1. The third-order valence-corrected chi connectivity index (χ3v) is 4.88. The Morgan fingerprint density at radius 1 is 1.21 bits per heavy atom. The molecule has 0 aliphatic carbocycles. The van der Waals surface area contributed by atoms with E-state index < -0.39 is 0 Å². The molecule has 132 valence electrons. The molecule has 0 unspecified atom stereocenters. The zero-order chi connectivity index (χ0) is 17.4. The Kier molecular flexibility index (Phi) is 7.24. The first kappa shape index (κ1) is 18.4. The summed E-state index contributed by atoms with van der Waals surface area (Å²) in [7, 11) is 1.78. The number of hydrogen-bond donors (Lipinski definition) is 2. The molecular formula is C17H27N5OS. The molecule has 24 heavy (non-hydrogen) atoms. The van der Waals surface area contributed by atoms with E-state index in [-0.39, 0.29) is 0 Å². The lowest BCUT2D eigenvalue weighted by Crippen LogP contribution is -2.38. The van der Waals surface area contributed by atoms with Gasteiger partial charge in [0.1, 0.15) is 5.76 Å². The maximum absolute atomic E-state index is 5.40. The Morgan fingerprint density at radius 2 is 2.04 bits per heavy atom. The first-order chi connectivity index (χ1) is 11.7. The van der Waals surface area contributed by atoms with E-state index in [0.717, 1.165) is 60.9 Å². The number of rotatable bonds is 8. The van der Waals surface area contributed by atoms with E-state index in [1.807, 2.05) is 0 Å². The predicted octanol–water partition coefficient (Wildman–Crippen LogP) is 2.73. The molecule has 0 amide bonds. The van der Waals surface area contributed by atoms with E-state index in [2.05, 4.69) is 51.9 Å². The van der Waals surface area contributed by atoms with Gasteiger partial charge >= 0.3 is 0 Å². The summed E-state index contributed by atoms with van der Waals surface area (Å²) < 4.78 is 5.40. The van der Waals surface area contributed by atoms with Crippen molar-refractivity contribution < 1.29 is 4.52 Å². The fraction of sp³-hybridized carbons (Fsp3) is 0.588. The Balaban J connectivity index is 1.83. The summed E-state index contributed by atoms with van der Waals surface area (Å²) in [4.78, 5) is 8.86. The minimum Gasteiger partial charge on any atom is -0.361 e. The Bertz CT molecular complexity index is 640. The fourth-order valence-electron chi connectivity index (χ4n) is 2.47. The number of aryl methyl sites for hydroxylation is 3. The van der Waals surface area contributed by atoms with E-state index in [1.165, 1.54) is 5.01 Å². The quantitative estimate of drug-likeness (QED) is 0.566. The molecule has 0 aromatic carbocycles. The summed E-state index contributed by atoms with van der Waals surface area (Å²) >= 11 is 1.73. The van der Waals surface area contributed by atoms with Gasteiger partial charge in [-0.25, -0.2) is 4.98 Å². The second-order valence-electron chi connectivity index (χ2n) is 5.43. The minimum atomic E-state index is 0.673. The van der Waals surface area contributed by atoms with Crippen LogP contribution in [0.5, 0.6) is 0 Å². The third-order valence-electron chi connectivity index (χ3n) is 3.84. The Hall–Kier alpha value is -1.89. The van der Waals surface area contributed by atoms with Crippen LogP contribution in [0.1, 0.15) is 48.5 Å². The lowest BCUT2D eigenvalue weighted by atomic mass is 10.1. The van der Waals surface area contributed by atoms with Crippen molar-refractivity contribution in [2.24, 2.45) is 4.99 Å². The maximum atomic E-state index is 5.40. The van der Waals surface area contributed by atoms with Crippen LogP contribution in [-0.4, -0.2) is 29.7 Å². The zero-order valence-corrected chi connectivity index (χ0v) is 15.8. The van der Waals surface area contributed by atoms with Gasteiger partial charge < -0.3 is 15.2 Å². The summed E-state index contributed by atoms with van der Waals surface area (Å²) in [6, 6.07) is 0. The van der Waals surface area contributed by atoms with Gasteiger partial charge in [0.25, 0.3) is 0 Å². The van der Waals surface area contributed by atoms with Gasteiger partial charge in [-0.3, -0.25) is 4.99 Å². The van der Waals surface area contributed by atoms with Gasteiger partial charge in [0.05, 0.1) is 16.4 Å². The molecule has 0 atom stereocenters. The van der Waals surface area contributed by atoms with Crippen LogP contribution in [-0.2, 0) is 32.2 Å². The van der Waals surface area contributed by atoms with E-state index in [1.54, 1.807) is 18.4 Å². The summed E-state index contributed by atoms with van der Waals surface area (Å²) in [5.41, 5.74) is 3.31. The van der Waals surface area contributed by atoms with E-state index in [9.17, 15) is 0 Å². The molecule has 0 radical (unpaired) electrons. The summed E-state index contributed by atoms with van der Waals surface area (Å²) in [5, 5.41) is 14.1. The molecular weight excluding hydrogens is 322 g/mol. The standard InChI is InChI=1S/C17H27N5OS/c1-5-14-13(15(6-2)23-22-14)10-20-17(18-4)19-9-8-12-11-24-16(7-3)21-12/h11H,5-10H2,1-4H3,(H2,18,19,20). The summed E-state index contributed by atoms with van der Waals surface area (Å²) in [5.74, 6) is 1.73. The van der Waals surface area contributed by atoms with Crippen molar-refractivity contribution >= 4 is 17.3 Å². The molecule has 0 bridgehead atoms. The van der Waals surface area contributed by atoms with Gasteiger partial charge in [-0.05, 0) is 12.8 Å². The van der Waals surface area contributed by atoms with Crippen LogP contribution < -0.4 is 10.6 Å². The monoisotopic (exact) mass is 349 g/mol. The zero-order valence-electron chi connectivity index (χ0n) is 15.0. The Morgan fingerprint density at radius 3 is 2.67 bits per heavy atom. The molecule has 0 aliphatic heterocycles. The predicted molar refractivity (Wildman–Crippen MR) is 98.7 cm³/mol. The average Bonchev–Trinajstić information content (AvgIpc) is 3.23. The average molecular weight is 350 g/mol. The molecule has 2 aromatic rings. The van der Waals surface area contributed by atoms with E-state index in [4.69, 9.17) is 4.52 Å². The highest BCUT2D eigenvalue weighted by Crippen LogP contribution is 2.15. The number of aromatic nitrogens is 2. The first-order valence-electron chi connectivity index (χ1n) is 8.55. The molecule has 7 heteroatoms. The molecule has 6 nitrogen and oxygen atoms in total. The van der Waals surface area contributed by atoms with E-state index in [0.29, 0.717) is 6.54 Å². The fourth-order valence-corrected chi connectivity index (χ4v) is 3.24. The topological polar surface area (TPSA) is 75.3 Å². The molecule has 0 spiro atoms. The molecule has 2 N–H and O–H groups in total. The van der Waals surface area contributed by atoms with Gasteiger partial charge in [-0.15, -0.1) is 11.3 Å². The highest BCUT2D eigenvalue weighted by Gasteiger charge is 2.13. The highest BCUT2D eigenvalue weighted by atomic mass is 32.1. The maximum Gasteiger partial charge on any atom is 0.191 e. The van der Waals surface area contributed by atoms with Crippen molar-refractivity contribution in [2.45, 2.75) is 53.0 Å². The normalized spacial score (nSPS) is 11.8. The van der Waals surface area contributed by atoms with Crippen molar-refractivity contribution in [3.8, 4) is 0 Å². The van der Waals surface area contributed by atoms with Crippen LogP contribution in [0.25, 0.3) is 0 Å². The molecule has 0 aliphatic rings. The van der Waals surface area contributed by atoms with Crippen LogP contribution in [0.15, 0.2) is 14.9 Å². The Labute approximate surface area is 147 Å². The first-order valence-corrected chi connectivity index (χ1v) is 9.43. The largest absolute Gasteiger partial charge is 0.361 e. The van der Waals surface area contributed by atoms with Gasteiger partial charge in [-0.2, -0.15) is 0 Å². The molecule has 0 fully saturated rings. The van der Waals surface area contributed by atoms with E-state index >= 15 is 0 Å². The number of nitrogens with one attached hydrogen (secondary N) is 2. The smallest absolute Gasteiger partial charge is 0.191 e. The van der Waals surface area contributed by atoms with Crippen LogP contribution in [0.4, 0.5) is 0 Å². The highest BCUT2D eigenvalue weighted by molar-refractivity contribution is 7.09. The van der Waals surface area contributed by atoms with Crippen molar-refractivity contribution in [3.05, 3.63) is 33.1 Å². The minimum absolute atomic E-state index is 0.673. The van der Waals surface area contributed by atoms with Gasteiger partial charge in [0, 0.05) is 43.9 Å². The lowest BCUT2D eigenvalue weighted by Gasteiger charge is -2.11. The summed E-state index contributed by atoms with van der Waals surface area (Å²) in [6.45, 7) is 7.78. The number of nitrogens with zero attached hydrogens (tertiary/aromatic N) is 3. The second kappa shape index (κ2) is 9.42. The second-order valence-corrected chi connectivity index (χ2v) is 6.37. The summed E-state index contributed by atoms with van der Waals surface area (Å²) in [6.07, 6.45) is 3.61. The molecule has 2 rings (SSSR count). The van der Waals surface area contributed by atoms with Crippen LogP contribution in [0.3, 0.4) is 0 Å². The molecule has 0 saturated heterocycles. The van der Waals surface area contributed by atoms with Crippen molar-refractivity contribution in [1.82, 2.24) is 20.8 Å². The molecule has 2 aromatic heterocycles. The van der Waals surface area contributed by atoms with Crippen LogP contribution >= 0.6 is 11.3 Å². The van der Waals surface area contributed by atoms with Gasteiger partial charge in [0.2, 0.25) is 0 Å². The number of hydrogen-bond acceptors (Lipinski definition) is 5. The van der Waals surface area contributed by atoms with Crippen LogP contribution in [0.2, 0.25) is 0 Å². The van der Waals surface area contributed by atoms with Crippen LogP contribution in [0, 0.1) is 0 Å². The van der Waals surface area contributed by atoms with Gasteiger partial charge in [-0.1, -0.05) is 25.9 Å². The third kappa shape index (κ3) is 4.80. The number of thiazole rings is 1. The molecule has 0 saturated carbocycles. The lowest BCUT2D eigenvalue weighted by molar-refractivity contribution is 0.380. The van der Waals surface area contributed by atoms with Crippen molar-refractivity contribution in [1.29, 1.82) is 0 Å². The van der Waals surface area contributed by atoms with Crippen molar-refractivity contribution in [3.63, 3.8) is 0 Å².